The van der Waals surface area contributed by atoms with Gasteiger partial charge in [0.1, 0.15) is 11.7 Å². The van der Waals surface area contributed by atoms with Crippen LogP contribution in [0.25, 0.3) is 0 Å². The van der Waals surface area contributed by atoms with Crippen LogP contribution < -0.4 is 10.6 Å². The molecule has 144 valence electrons. The van der Waals surface area contributed by atoms with Crippen molar-refractivity contribution in [1.82, 2.24) is 0 Å². The van der Waals surface area contributed by atoms with Crippen molar-refractivity contribution in [2.45, 2.75) is 19.4 Å². The van der Waals surface area contributed by atoms with Crippen LogP contribution in [0.3, 0.4) is 0 Å². The lowest BCUT2D eigenvalue weighted by Crippen LogP contribution is -2.39. The molecule has 1 heterocycles. The van der Waals surface area contributed by atoms with E-state index < -0.39 is 17.9 Å². The third-order valence-corrected chi connectivity index (χ3v) is 5.43. The molecule has 6 heteroatoms. The Morgan fingerprint density at radius 2 is 1.89 bits per heavy atom. The number of benzene rings is 2. The van der Waals surface area contributed by atoms with Crippen molar-refractivity contribution in [3.05, 3.63) is 65.4 Å². The summed E-state index contributed by atoms with van der Waals surface area (Å²) in [5.74, 6) is -1.66. The van der Waals surface area contributed by atoms with E-state index in [0.29, 0.717) is 12.0 Å². The van der Waals surface area contributed by atoms with Crippen molar-refractivity contribution in [2.75, 3.05) is 17.7 Å². The van der Waals surface area contributed by atoms with E-state index in [0.717, 1.165) is 22.6 Å². The summed E-state index contributed by atoms with van der Waals surface area (Å²) in [6.07, 6.45) is 0.548. The van der Waals surface area contributed by atoms with Gasteiger partial charge in [0.2, 0.25) is 0 Å². The van der Waals surface area contributed by atoms with Crippen LogP contribution in [0.5, 0.6) is 5.75 Å². The van der Waals surface area contributed by atoms with Gasteiger partial charge < -0.3 is 20.5 Å². The minimum absolute atomic E-state index is 0.119. The zero-order chi connectivity index (χ0) is 19.8. The van der Waals surface area contributed by atoms with Crippen molar-refractivity contribution in [1.29, 1.82) is 0 Å². The van der Waals surface area contributed by atoms with Crippen molar-refractivity contribution in [2.24, 2.45) is 11.8 Å². The number of fused-ring (bicyclic) bond motifs is 1. The summed E-state index contributed by atoms with van der Waals surface area (Å²) in [4.78, 5) is 25.8. The highest BCUT2D eigenvalue weighted by atomic mass is 16.5. The lowest BCUT2D eigenvalue weighted by molar-refractivity contribution is -0.151. The topological polar surface area (TPSA) is 87.7 Å². The van der Waals surface area contributed by atoms with E-state index in [-0.39, 0.29) is 17.5 Å². The van der Waals surface area contributed by atoms with E-state index in [1.54, 1.807) is 18.2 Å². The Labute approximate surface area is 163 Å². The SMILES string of the molecule is COC(=O)[C@@H]1C(=O)C2=C(C[C@H]1C)Nc1ccccc1N[C@H]2c1cccc(O)c1. The molecule has 2 aliphatic rings. The number of aromatic hydroxyl groups is 1. The molecule has 0 saturated heterocycles. The molecule has 3 atom stereocenters. The van der Waals surface area contributed by atoms with Crippen LogP contribution in [0.1, 0.15) is 24.9 Å². The molecule has 0 unspecified atom stereocenters. The van der Waals surface area contributed by atoms with E-state index in [1.807, 2.05) is 37.3 Å². The predicted octanol–water partition coefficient (Wildman–Crippen LogP) is 3.62. The number of allylic oxidation sites excluding steroid dienone is 1. The fourth-order valence-corrected chi connectivity index (χ4v) is 4.09. The molecule has 0 bridgehead atoms. The van der Waals surface area contributed by atoms with E-state index in [2.05, 4.69) is 10.6 Å². The molecule has 0 saturated carbocycles. The van der Waals surface area contributed by atoms with E-state index in [1.165, 1.54) is 7.11 Å². The summed E-state index contributed by atoms with van der Waals surface area (Å²) in [6.45, 7) is 1.89. The Hall–Kier alpha value is -3.28. The number of para-hydroxylation sites is 2. The fourth-order valence-electron chi connectivity index (χ4n) is 4.09. The molecule has 4 rings (SSSR count). The molecule has 6 nitrogen and oxygen atoms in total. The van der Waals surface area contributed by atoms with Crippen LogP contribution >= 0.6 is 0 Å². The van der Waals surface area contributed by atoms with Crippen molar-refractivity contribution in [3.63, 3.8) is 0 Å². The standard InChI is InChI=1S/C22H22N2O4/c1-12-10-17-19(21(26)18(12)22(27)28-2)20(13-6-5-7-14(25)11-13)24-16-9-4-3-8-15(16)23-17/h3-9,11-12,18,20,23-25H,10H2,1-2H3/t12-,18+,20+/m1/s1. The number of methoxy groups -OCH3 is 1. The van der Waals surface area contributed by atoms with Gasteiger partial charge in [0, 0.05) is 11.3 Å². The number of anilines is 2. The highest BCUT2D eigenvalue weighted by Crippen LogP contribution is 2.44. The first-order chi connectivity index (χ1) is 13.5. The number of ketones is 1. The summed E-state index contributed by atoms with van der Waals surface area (Å²) in [5, 5.41) is 16.8. The number of Topliss-reactive ketones (excluding diaryl/α,β-unsaturated/α-hetero) is 1. The maximum atomic E-state index is 13.4. The minimum Gasteiger partial charge on any atom is -0.508 e. The van der Waals surface area contributed by atoms with Crippen LogP contribution in [0.2, 0.25) is 0 Å². The van der Waals surface area contributed by atoms with Gasteiger partial charge in [0.25, 0.3) is 0 Å². The predicted molar refractivity (Wildman–Crippen MR) is 106 cm³/mol. The summed E-state index contributed by atoms with van der Waals surface area (Å²) in [7, 11) is 1.30. The van der Waals surface area contributed by atoms with E-state index in [4.69, 9.17) is 4.74 Å². The van der Waals surface area contributed by atoms with E-state index in [9.17, 15) is 14.7 Å². The molecule has 0 fully saturated rings. The molecule has 0 radical (unpaired) electrons. The molecule has 0 spiro atoms. The highest BCUT2D eigenvalue weighted by molar-refractivity contribution is 6.11. The van der Waals surface area contributed by atoms with Gasteiger partial charge in [-0.1, -0.05) is 31.2 Å². The van der Waals surface area contributed by atoms with Crippen molar-refractivity contribution in [3.8, 4) is 5.75 Å². The fraction of sp³-hybridized carbons (Fsp3) is 0.273. The van der Waals surface area contributed by atoms with Crippen LogP contribution in [0.15, 0.2) is 59.8 Å². The Balaban J connectivity index is 1.88. The first-order valence-electron chi connectivity index (χ1n) is 9.26. The number of hydrogen-bond acceptors (Lipinski definition) is 6. The molecule has 2 aromatic rings. The molecule has 2 aromatic carbocycles. The van der Waals surface area contributed by atoms with Gasteiger partial charge in [-0.25, -0.2) is 0 Å². The first kappa shape index (κ1) is 18.1. The average Bonchev–Trinajstić information content (AvgIpc) is 2.84. The lowest BCUT2D eigenvalue weighted by atomic mass is 9.75. The number of phenolic OH excluding ortho intramolecular Hbond substituents is 1. The van der Waals surface area contributed by atoms with Crippen molar-refractivity contribution >= 4 is 23.1 Å². The van der Waals surface area contributed by atoms with Gasteiger partial charge >= 0.3 is 5.97 Å². The number of carbonyl (C=O) groups is 2. The van der Waals surface area contributed by atoms with Crippen LogP contribution in [0, 0.1) is 11.8 Å². The highest BCUT2D eigenvalue weighted by Gasteiger charge is 2.44. The zero-order valence-electron chi connectivity index (χ0n) is 15.7. The lowest BCUT2D eigenvalue weighted by Gasteiger charge is -2.32. The van der Waals surface area contributed by atoms with Gasteiger partial charge in [0.15, 0.2) is 5.78 Å². The normalized spacial score (nSPS) is 23.6. The largest absolute Gasteiger partial charge is 0.508 e. The van der Waals surface area contributed by atoms with Crippen LogP contribution in [0.4, 0.5) is 11.4 Å². The van der Waals surface area contributed by atoms with Gasteiger partial charge in [0.05, 0.1) is 24.5 Å². The maximum Gasteiger partial charge on any atom is 0.316 e. The summed E-state index contributed by atoms with van der Waals surface area (Å²) in [6, 6.07) is 14.0. The first-order valence-corrected chi connectivity index (χ1v) is 9.26. The summed E-state index contributed by atoms with van der Waals surface area (Å²) < 4.78 is 4.90. The molecule has 1 aliphatic heterocycles. The number of rotatable bonds is 2. The number of carbonyl (C=O) groups excluding carboxylic acids is 2. The molecular weight excluding hydrogens is 356 g/mol. The Bertz CT molecular complexity index is 982. The van der Waals surface area contributed by atoms with Crippen LogP contribution in [-0.2, 0) is 14.3 Å². The second kappa shape index (κ2) is 7.03. The minimum atomic E-state index is -0.839. The Morgan fingerprint density at radius 3 is 2.61 bits per heavy atom. The second-order valence-electron chi connectivity index (χ2n) is 7.28. The Morgan fingerprint density at radius 1 is 1.14 bits per heavy atom. The average molecular weight is 378 g/mol. The summed E-state index contributed by atoms with van der Waals surface area (Å²) in [5.41, 5.74) is 3.77. The Kier molecular flexibility index (Phi) is 4.55. The second-order valence-corrected chi connectivity index (χ2v) is 7.28. The third kappa shape index (κ3) is 3.01. The molecule has 0 aromatic heterocycles. The number of phenols is 1. The van der Waals surface area contributed by atoms with Gasteiger partial charge in [-0.2, -0.15) is 0 Å². The number of nitrogens with one attached hydrogen (secondary N) is 2. The summed E-state index contributed by atoms with van der Waals surface area (Å²) >= 11 is 0. The molecular formula is C22H22N2O4. The molecule has 1 aliphatic carbocycles. The van der Waals surface area contributed by atoms with Gasteiger partial charge in [-0.05, 0) is 42.2 Å². The number of esters is 1. The molecule has 28 heavy (non-hydrogen) atoms. The van der Waals surface area contributed by atoms with Gasteiger partial charge in [-0.15, -0.1) is 0 Å². The van der Waals surface area contributed by atoms with Crippen molar-refractivity contribution < 1.29 is 19.4 Å². The van der Waals surface area contributed by atoms with E-state index >= 15 is 0 Å². The maximum absolute atomic E-state index is 13.4. The number of ether oxygens (including phenoxy) is 1. The quantitative estimate of drug-likeness (QED) is 0.546. The smallest absolute Gasteiger partial charge is 0.316 e. The zero-order valence-corrected chi connectivity index (χ0v) is 15.7. The van der Waals surface area contributed by atoms with Crippen LogP contribution in [-0.4, -0.2) is 24.0 Å². The molecule has 0 amide bonds. The number of hydrogen-bond donors (Lipinski definition) is 3. The molecule has 3 N–H and O–H groups in total. The monoisotopic (exact) mass is 378 g/mol. The third-order valence-electron chi connectivity index (χ3n) is 5.43. The van der Waals surface area contributed by atoms with Gasteiger partial charge in [-0.3, -0.25) is 9.59 Å².